The van der Waals surface area contributed by atoms with Gasteiger partial charge in [0.05, 0.1) is 6.61 Å². The third-order valence-electron chi connectivity index (χ3n) is 2.77. The summed E-state index contributed by atoms with van der Waals surface area (Å²) in [5.74, 6) is 0.124. The van der Waals surface area contributed by atoms with E-state index in [-0.39, 0.29) is 18.3 Å². The van der Waals surface area contributed by atoms with Gasteiger partial charge in [0.15, 0.2) is 0 Å². The summed E-state index contributed by atoms with van der Waals surface area (Å²) in [5.41, 5.74) is 3.26. The molecule has 1 heterocycles. The van der Waals surface area contributed by atoms with E-state index in [4.69, 9.17) is 4.84 Å². The second-order valence-corrected chi connectivity index (χ2v) is 5.34. The number of hydrogen-bond donors (Lipinski definition) is 1. The van der Waals surface area contributed by atoms with E-state index in [9.17, 15) is 9.18 Å². The first-order valence-electron chi connectivity index (χ1n) is 6.77. The van der Waals surface area contributed by atoms with Gasteiger partial charge in [-0.1, -0.05) is 12.1 Å². The number of anilines is 1. The highest BCUT2D eigenvalue weighted by molar-refractivity contribution is 7.09. The summed E-state index contributed by atoms with van der Waals surface area (Å²) in [6.07, 6.45) is 0.524. The van der Waals surface area contributed by atoms with Crippen LogP contribution in [0, 0.1) is 5.82 Å². The minimum Gasteiger partial charge on any atom is -0.341 e. The van der Waals surface area contributed by atoms with E-state index in [1.807, 2.05) is 0 Å². The molecule has 22 heavy (non-hydrogen) atoms. The SMILES string of the molecule is CCONC(=O)CN(C)c1nc(Cc2ccc(F)cc2)ns1. The molecular formula is C14H17FN4O2S. The minimum atomic E-state index is -0.268. The van der Waals surface area contributed by atoms with Gasteiger partial charge in [-0.3, -0.25) is 9.63 Å². The Labute approximate surface area is 132 Å². The van der Waals surface area contributed by atoms with Crippen LogP contribution in [0.1, 0.15) is 18.3 Å². The van der Waals surface area contributed by atoms with Crippen molar-refractivity contribution >= 4 is 22.6 Å². The Balaban J connectivity index is 1.92. The molecule has 0 saturated heterocycles. The van der Waals surface area contributed by atoms with Crippen LogP contribution in [0.3, 0.4) is 0 Å². The fourth-order valence-electron chi connectivity index (χ4n) is 1.72. The summed E-state index contributed by atoms with van der Waals surface area (Å²) in [6.45, 7) is 2.33. The molecule has 0 aliphatic heterocycles. The van der Waals surface area contributed by atoms with Gasteiger partial charge >= 0.3 is 0 Å². The number of carbonyl (C=O) groups is 1. The fourth-order valence-corrected chi connectivity index (χ4v) is 2.37. The van der Waals surface area contributed by atoms with Gasteiger partial charge in [-0.15, -0.1) is 0 Å². The predicted octanol–water partition coefficient (Wildman–Crippen LogP) is 1.77. The zero-order valence-corrected chi connectivity index (χ0v) is 13.2. The lowest BCUT2D eigenvalue weighted by atomic mass is 10.1. The number of hydrogen-bond acceptors (Lipinski definition) is 6. The third kappa shape index (κ3) is 4.74. The highest BCUT2D eigenvalue weighted by Crippen LogP contribution is 2.17. The Morgan fingerprint density at radius 1 is 1.41 bits per heavy atom. The van der Waals surface area contributed by atoms with Crippen molar-refractivity contribution in [2.45, 2.75) is 13.3 Å². The maximum Gasteiger partial charge on any atom is 0.263 e. The third-order valence-corrected chi connectivity index (χ3v) is 3.64. The first kappa shape index (κ1) is 16.3. The molecule has 0 spiro atoms. The molecule has 1 aromatic carbocycles. The van der Waals surface area contributed by atoms with E-state index in [0.29, 0.717) is 24.0 Å². The molecular weight excluding hydrogens is 307 g/mol. The Morgan fingerprint density at radius 2 is 2.14 bits per heavy atom. The molecule has 1 amide bonds. The number of halogens is 1. The molecule has 118 valence electrons. The molecule has 0 radical (unpaired) electrons. The maximum absolute atomic E-state index is 12.9. The Bertz CT molecular complexity index is 618. The van der Waals surface area contributed by atoms with Crippen LogP contribution < -0.4 is 10.4 Å². The second-order valence-electron chi connectivity index (χ2n) is 4.61. The number of amides is 1. The van der Waals surface area contributed by atoms with Gasteiger partial charge in [0, 0.05) is 25.0 Å². The van der Waals surface area contributed by atoms with Crippen molar-refractivity contribution in [3.63, 3.8) is 0 Å². The van der Waals surface area contributed by atoms with Gasteiger partial charge < -0.3 is 4.90 Å². The summed E-state index contributed by atoms with van der Waals surface area (Å²) in [4.78, 5) is 22.5. The van der Waals surface area contributed by atoms with Crippen LogP contribution in [0.2, 0.25) is 0 Å². The summed E-state index contributed by atoms with van der Waals surface area (Å²) < 4.78 is 17.1. The molecule has 0 atom stereocenters. The molecule has 0 bridgehead atoms. The average molecular weight is 324 g/mol. The van der Waals surface area contributed by atoms with Crippen LogP contribution >= 0.6 is 11.5 Å². The molecule has 2 aromatic rings. The van der Waals surface area contributed by atoms with Crippen molar-refractivity contribution in [2.75, 3.05) is 25.1 Å². The van der Waals surface area contributed by atoms with Crippen molar-refractivity contribution in [1.82, 2.24) is 14.8 Å². The zero-order chi connectivity index (χ0) is 15.9. The zero-order valence-electron chi connectivity index (χ0n) is 12.4. The van der Waals surface area contributed by atoms with Crippen molar-refractivity contribution < 1.29 is 14.0 Å². The number of hydroxylamine groups is 1. The lowest BCUT2D eigenvalue weighted by Crippen LogP contribution is -2.35. The van der Waals surface area contributed by atoms with Gasteiger partial charge in [-0.25, -0.2) is 14.9 Å². The average Bonchev–Trinajstić information content (AvgIpc) is 2.96. The monoisotopic (exact) mass is 324 g/mol. The van der Waals surface area contributed by atoms with Crippen LogP contribution in [0.4, 0.5) is 9.52 Å². The summed E-state index contributed by atoms with van der Waals surface area (Å²) in [7, 11) is 1.76. The predicted molar refractivity (Wildman–Crippen MR) is 82.2 cm³/mol. The van der Waals surface area contributed by atoms with E-state index in [0.717, 1.165) is 5.56 Å². The van der Waals surface area contributed by atoms with Gasteiger partial charge in [0.25, 0.3) is 5.91 Å². The number of likely N-dealkylation sites (N-methyl/N-ethyl adjacent to an activating group) is 1. The second kappa shape index (κ2) is 7.81. The normalized spacial score (nSPS) is 10.5. The van der Waals surface area contributed by atoms with Crippen molar-refractivity contribution in [3.8, 4) is 0 Å². The van der Waals surface area contributed by atoms with E-state index >= 15 is 0 Å². The van der Waals surface area contributed by atoms with Crippen LogP contribution in [0.25, 0.3) is 0 Å². The first-order chi connectivity index (χ1) is 10.6. The summed E-state index contributed by atoms with van der Waals surface area (Å²) >= 11 is 1.22. The van der Waals surface area contributed by atoms with E-state index in [2.05, 4.69) is 14.8 Å². The maximum atomic E-state index is 12.9. The minimum absolute atomic E-state index is 0.130. The molecule has 0 aliphatic rings. The molecule has 0 saturated carbocycles. The number of carbonyl (C=O) groups excluding carboxylic acids is 1. The summed E-state index contributed by atoms with van der Waals surface area (Å²) in [5, 5.41) is 0.642. The Kier molecular flexibility index (Phi) is 5.79. The molecule has 2 rings (SSSR count). The van der Waals surface area contributed by atoms with Crippen LogP contribution in [0.15, 0.2) is 24.3 Å². The number of nitrogens with one attached hydrogen (secondary N) is 1. The molecule has 1 N–H and O–H groups in total. The molecule has 0 unspecified atom stereocenters. The number of aromatic nitrogens is 2. The molecule has 0 fully saturated rings. The quantitative estimate of drug-likeness (QED) is 0.786. The molecule has 1 aromatic heterocycles. The number of nitrogens with zero attached hydrogens (tertiary/aromatic N) is 3. The largest absolute Gasteiger partial charge is 0.341 e. The lowest BCUT2D eigenvalue weighted by Gasteiger charge is -2.14. The van der Waals surface area contributed by atoms with Crippen molar-refractivity contribution in [3.05, 3.63) is 41.5 Å². The fraction of sp³-hybridized carbons (Fsp3) is 0.357. The highest BCUT2D eigenvalue weighted by Gasteiger charge is 2.12. The van der Waals surface area contributed by atoms with Crippen LogP contribution in [0.5, 0.6) is 0 Å². The smallest absolute Gasteiger partial charge is 0.263 e. The van der Waals surface area contributed by atoms with Gasteiger partial charge in [0.2, 0.25) is 5.13 Å². The summed E-state index contributed by atoms with van der Waals surface area (Å²) in [6, 6.07) is 6.23. The van der Waals surface area contributed by atoms with Crippen LogP contribution in [-0.4, -0.2) is 35.5 Å². The Hall–Kier alpha value is -2.06. The first-order valence-corrected chi connectivity index (χ1v) is 7.54. The van der Waals surface area contributed by atoms with Gasteiger partial charge in [0.1, 0.15) is 18.2 Å². The van der Waals surface area contributed by atoms with Crippen molar-refractivity contribution in [1.29, 1.82) is 0 Å². The lowest BCUT2D eigenvalue weighted by molar-refractivity contribution is -0.131. The number of benzene rings is 1. The van der Waals surface area contributed by atoms with E-state index < -0.39 is 0 Å². The molecule has 6 nitrogen and oxygen atoms in total. The van der Waals surface area contributed by atoms with E-state index in [1.54, 1.807) is 31.0 Å². The van der Waals surface area contributed by atoms with Crippen LogP contribution in [-0.2, 0) is 16.1 Å². The molecule has 8 heteroatoms. The topological polar surface area (TPSA) is 67.3 Å². The van der Waals surface area contributed by atoms with Gasteiger partial charge in [-0.05, 0) is 24.6 Å². The number of rotatable bonds is 7. The van der Waals surface area contributed by atoms with Crippen molar-refractivity contribution in [2.24, 2.45) is 0 Å². The molecule has 0 aliphatic carbocycles. The standard InChI is InChI=1S/C14H17FN4O2S/c1-3-21-17-13(20)9-19(2)14-16-12(18-22-14)8-10-4-6-11(15)7-5-10/h4-7H,3,8-9H2,1-2H3,(H,17,20). The van der Waals surface area contributed by atoms with Gasteiger partial charge in [-0.2, -0.15) is 4.37 Å². The Morgan fingerprint density at radius 3 is 2.82 bits per heavy atom. The highest BCUT2D eigenvalue weighted by atomic mass is 32.1. The van der Waals surface area contributed by atoms with E-state index in [1.165, 1.54) is 23.7 Å².